The summed E-state index contributed by atoms with van der Waals surface area (Å²) in [6, 6.07) is 0. The Morgan fingerprint density at radius 1 is 1.29 bits per heavy atom. The van der Waals surface area contributed by atoms with Crippen LogP contribution in [0.3, 0.4) is 0 Å². The minimum Gasteiger partial charge on any atom is -0.443 e. The predicted octanol–water partition coefficient (Wildman–Crippen LogP) is 1.64. The number of carbonyl (C=O) groups excluding carboxylic acids is 1. The highest BCUT2D eigenvalue weighted by Gasteiger charge is 2.21. The summed E-state index contributed by atoms with van der Waals surface area (Å²) in [6.45, 7) is 7.12. The van der Waals surface area contributed by atoms with Gasteiger partial charge in [-0.25, -0.2) is 4.79 Å². The number of hydrogen-bond donors (Lipinski definition) is 0. The average Bonchev–Trinajstić information content (AvgIpc) is 2.02. The van der Waals surface area contributed by atoms with Crippen molar-refractivity contribution in [1.29, 1.82) is 0 Å². The fourth-order valence-corrected chi connectivity index (χ4v) is 1.08. The lowest BCUT2D eigenvalue weighted by Gasteiger charge is -2.29. The van der Waals surface area contributed by atoms with Crippen molar-refractivity contribution in [3.05, 3.63) is 12.4 Å². The Kier molecular flexibility index (Phi) is 3.03. The van der Waals surface area contributed by atoms with Gasteiger partial charge in [-0.1, -0.05) is 0 Å². The molecule has 0 aromatic heterocycles. The zero-order valence-corrected chi connectivity index (χ0v) is 9.28. The zero-order chi connectivity index (χ0) is 10.8. The smallest absolute Gasteiger partial charge is 0.414 e. The van der Waals surface area contributed by atoms with E-state index in [-0.39, 0.29) is 6.09 Å². The Morgan fingerprint density at radius 3 is 2.36 bits per heavy atom. The van der Waals surface area contributed by atoms with Crippen molar-refractivity contribution in [1.82, 2.24) is 9.80 Å². The molecule has 1 rings (SSSR count). The van der Waals surface area contributed by atoms with E-state index in [1.807, 2.05) is 38.9 Å². The summed E-state index contributed by atoms with van der Waals surface area (Å²) in [5.74, 6) is 0. The Hall–Kier alpha value is -1.19. The molecule has 0 saturated carbocycles. The summed E-state index contributed by atoms with van der Waals surface area (Å²) in [5, 5.41) is 0. The highest BCUT2D eigenvalue weighted by molar-refractivity contribution is 5.69. The molecule has 0 aliphatic carbocycles. The molecular weight excluding hydrogens is 180 g/mol. The van der Waals surface area contributed by atoms with Crippen molar-refractivity contribution < 1.29 is 9.53 Å². The fourth-order valence-electron chi connectivity index (χ4n) is 1.08. The Labute approximate surface area is 85.1 Å². The molecule has 4 heteroatoms. The molecular formula is C10H18N2O2. The van der Waals surface area contributed by atoms with Gasteiger partial charge in [-0.2, -0.15) is 0 Å². The van der Waals surface area contributed by atoms with Gasteiger partial charge in [0, 0.05) is 32.5 Å². The molecule has 0 aromatic carbocycles. The van der Waals surface area contributed by atoms with E-state index in [0.29, 0.717) is 6.54 Å². The van der Waals surface area contributed by atoms with Crippen molar-refractivity contribution in [2.24, 2.45) is 0 Å². The van der Waals surface area contributed by atoms with Gasteiger partial charge in [0.15, 0.2) is 0 Å². The molecule has 1 aliphatic rings. The van der Waals surface area contributed by atoms with Crippen LogP contribution in [0.15, 0.2) is 12.4 Å². The zero-order valence-electron chi connectivity index (χ0n) is 9.28. The number of nitrogens with zero attached hydrogens (tertiary/aromatic N) is 2. The van der Waals surface area contributed by atoms with Crippen LogP contribution in [-0.4, -0.2) is 41.6 Å². The molecule has 4 nitrogen and oxygen atoms in total. The second-order valence-electron chi connectivity index (χ2n) is 4.45. The normalized spacial score (nSPS) is 17.1. The first-order valence-corrected chi connectivity index (χ1v) is 4.77. The highest BCUT2D eigenvalue weighted by Crippen LogP contribution is 2.11. The minimum absolute atomic E-state index is 0.276. The SMILES string of the molecule is CN1C=CN(C(=O)OC(C)(C)C)CC1. The quantitative estimate of drug-likeness (QED) is 0.593. The van der Waals surface area contributed by atoms with Crippen molar-refractivity contribution in [2.45, 2.75) is 26.4 Å². The molecule has 1 heterocycles. The van der Waals surface area contributed by atoms with Gasteiger partial charge < -0.3 is 9.64 Å². The molecule has 0 spiro atoms. The molecule has 0 aromatic rings. The van der Waals surface area contributed by atoms with Gasteiger partial charge in [0.2, 0.25) is 0 Å². The predicted molar refractivity (Wildman–Crippen MR) is 54.7 cm³/mol. The molecule has 0 bridgehead atoms. The van der Waals surface area contributed by atoms with Crippen LogP contribution in [0.1, 0.15) is 20.8 Å². The highest BCUT2D eigenvalue weighted by atomic mass is 16.6. The molecule has 14 heavy (non-hydrogen) atoms. The minimum atomic E-state index is -0.422. The van der Waals surface area contributed by atoms with Crippen molar-refractivity contribution in [3.8, 4) is 0 Å². The van der Waals surface area contributed by atoms with Crippen LogP contribution in [0.2, 0.25) is 0 Å². The standard InChI is InChI=1S/C10H18N2O2/c1-10(2,3)14-9(13)12-7-5-11(4)6-8-12/h5,7H,6,8H2,1-4H3. The Bertz CT molecular complexity index is 243. The van der Waals surface area contributed by atoms with E-state index in [4.69, 9.17) is 4.74 Å². The van der Waals surface area contributed by atoms with Gasteiger partial charge in [-0.05, 0) is 20.8 Å². The van der Waals surface area contributed by atoms with E-state index >= 15 is 0 Å². The van der Waals surface area contributed by atoms with Crippen molar-refractivity contribution >= 4 is 6.09 Å². The average molecular weight is 198 g/mol. The topological polar surface area (TPSA) is 32.8 Å². The van der Waals surface area contributed by atoms with E-state index < -0.39 is 5.60 Å². The lowest BCUT2D eigenvalue weighted by Crippen LogP contribution is -2.39. The van der Waals surface area contributed by atoms with E-state index in [2.05, 4.69) is 0 Å². The van der Waals surface area contributed by atoms with E-state index in [9.17, 15) is 4.79 Å². The van der Waals surface area contributed by atoms with Crippen molar-refractivity contribution in [2.75, 3.05) is 20.1 Å². The third-order valence-corrected chi connectivity index (χ3v) is 1.82. The second kappa shape index (κ2) is 3.90. The maximum absolute atomic E-state index is 11.6. The molecule has 1 amide bonds. The van der Waals surface area contributed by atoms with Crippen LogP contribution in [0, 0.1) is 0 Å². The Balaban J connectivity index is 2.50. The molecule has 0 radical (unpaired) electrons. The lowest BCUT2D eigenvalue weighted by molar-refractivity contribution is 0.0313. The van der Waals surface area contributed by atoms with Gasteiger partial charge >= 0.3 is 6.09 Å². The number of likely N-dealkylation sites (N-methyl/N-ethyl adjacent to an activating group) is 1. The second-order valence-corrected chi connectivity index (χ2v) is 4.45. The number of hydrogen-bond acceptors (Lipinski definition) is 3. The number of ether oxygens (including phenoxy) is 1. The van der Waals surface area contributed by atoms with Crippen LogP contribution in [0.4, 0.5) is 4.79 Å². The summed E-state index contributed by atoms with van der Waals surface area (Å²) in [6.07, 6.45) is 3.34. The summed E-state index contributed by atoms with van der Waals surface area (Å²) >= 11 is 0. The first-order chi connectivity index (χ1) is 6.38. The summed E-state index contributed by atoms with van der Waals surface area (Å²) in [5.41, 5.74) is -0.422. The lowest BCUT2D eigenvalue weighted by atomic mass is 10.2. The fraction of sp³-hybridized carbons (Fsp3) is 0.700. The monoisotopic (exact) mass is 198 g/mol. The molecule has 0 N–H and O–H groups in total. The number of amides is 1. The van der Waals surface area contributed by atoms with Crippen molar-refractivity contribution in [3.63, 3.8) is 0 Å². The van der Waals surface area contributed by atoms with Crippen LogP contribution in [0.25, 0.3) is 0 Å². The Morgan fingerprint density at radius 2 is 1.93 bits per heavy atom. The third-order valence-electron chi connectivity index (χ3n) is 1.82. The van der Waals surface area contributed by atoms with Gasteiger partial charge in [0.25, 0.3) is 0 Å². The maximum atomic E-state index is 11.6. The number of carbonyl (C=O) groups is 1. The van der Waals surface area contributed by atoms with Crippen LogP contribution < -0.4 is 0 Å². The van der Waals surface area contributed by atoms with E-state index in [0.717, 1.165) is 6.54 Å². The molecule has 1 aliphatic heterocycles. The molecule has 0 atom stereocenters. The summed E-state index contributed by atoms with van der Waals surface area (Å²) < 4.78 is 5.23. The van der Waals surface area contributed by atoms with Gasteiger partial charge in [-0.3, -0.25) is 4.90 Å². The van der Waals surface area contributed by atoms with E-state index in [1.54, 1.807) is 11.1 Å². The van der Waals surface area contributed by atoms with Crippen LogP contribution in [-0.2, 0) is 4.74 Å². The van der Waals surface area contributed by atoms with Gasteiger partial charge in [0.1, 0.15) is 5.60 Å². The first kappa shape index (κ1) is 10.9. The number of rotatable bonds is 0. The largest absolute Gasteiger partial charge is 0.443 e. The molecule has 0 unspecified atom stereocenters. The van der Waals surface area contributed by atoms with Crippen LogP contribution in [0.5, 0.6) is 0 Å². The summed E-state index contributed by atoms with van der Waals surface area (Å²) in [4.78, 5) is 15.2. The van der Waals surface area contributed by atoms with E-state index in [1.165, 1.54) is 0 Å². The molecule has 80 valence electrons. The third kappa shape index (κ3) is 3.28. The van der Waals surface area contributed by atoms with Gasteiger partial charge in [0.05, 0.1) is 0 Å². The summed E-state index contributed by atoms with van der Waals surface area (Å²) in [7, 11) is 1.98. The van der Waals surface area contributed by atoms with Gasteiger partial charge in [-0.15, -0.1) is 0 Å². The maximum Gasteiger partial charge on any atom is 0.414 e. The first-order valence-electron chi connectivity index (χ1n) is 4.77. The van der Waals surface area contributed by atoms with Crippen LogP contribution >= 0.6 is 0 Å². The molecule has 0 fully saturated rings. The molecule has 0 saturated heterocycles.